The van der Waals surface area contributed by atoms with Crippen LogP contribution < -0.4 is 10.0 Å². The van der Waals surface area contributed by atoms with Crippen molar-refractivity contribution in [1.29, 1.82) is 0 Å². The van der Waals surface area contributed by atoms with Crippen molar-refractivity contribution >= 4 is 21.6 Å². The second-order valence-corrected chi connectivity index (χ2v) is 8.78. The molecule has 0 bridgehead atoms. The van der Waals surface area contributed by atoms with Crippen molar-refractivity contribution in [3.63, 3.8) is 0 Å². The summed E-state index contributed by atoms with van der Waals surface area (Å²) in [5.41, 5.74) is -0.699. The summed E-state index contributed by atoms with van der Waals surface area (Å²) < 4.78 is 64.6. The molecule has 2 N–H and O–H groups in total. The number of hydrogen-bond donors (Lipinski definition) is 2. The standard InChI is InChI=1S/C15H21F3N2O3S/c1-15(2,3)24(22,23)19-7-5-4-6-13(21)20-14-11(17)8-10(16)9-12(14)18/h8-9,19H,4-7H2,1-3H3,(H,20,21). The van der Waals surface area contributed by atoms with Crippen molar-refractivity contribution in [3.05, 3.63) is 29.6 Å². The molecule has 1 aromatic carbocycles. The number of halogens is 3. The third-order valence-electron chi connectivity index (χ3n) is 3.20. The molecule has 0 saturated carbocycles. The summed E-state index contributed by atoms with van der Waals surface area (Å²) in [6, 6.07) is 0.944. The number of rotatable bonds is 7. The number of carbonyl (C=O) groups is 1. The minimum Gasteiger partial charge on any atom is -0.321 e. The molecule has 1 aromatic rings. The highest BCUT2D eigenvalue weighted by molar-refractivity contribution is 7.90. The van der Waals surface area contributed by atoms with Crippen LogP contribution in [0.5, 0.6) is 0 Å². The predicted octanol–water partition coefficient (Wildman–Crippen LogP) is 2.93. The van der Waals surface area contributed by atoms with Gasteiger partial charge < -0.3 is 5.32 Å². The highest BCUT2D eigenvalue weighted by Crippen LogP contribution is 2.20. The molecule has 0 heterocycles. The molecule has 0 aromatic heterocycles. The van der Waals surface area contributed by atoms with Gasteiger partial charge >= 0.3 is 0 Å². The maximum Gasteiger partial charge on any atom is 0.224 e. The van der Waals surface area contributed by atoms with Crippen molar-refractivity contribution in [2.24, 2.45) is 0 Å². The molecule has 24 heavy (non-hydrogen) atoms. The molecule has 0 fully saturated rings. The average Bonchev–Trinajstić information content (AvgIpc) is 2.41. The number of nitrogens with one attached hydrogen (secondary N) is 2. The highest BCUT2D eigenvalue weighted by atomic mass is 32.2. The fraction of sp³-hybridized carbons (Fsp3) is 0.533. The minimum absolute atomic E-state index is 0.0481. The summed E-state index contributed by atoms with van der Waals surface area (Å²) in [5.74, 6) is -4.11. The zero-order valence-electron chi connectivity index (χ0n) is 13.8. The van der Waals surface area contributed by atoms with Gasteiger partial charge in [-0.3, -0.25) is 4.79 Å². The molecule has 0 unspecified atom stereocenters. The molecule has 0 radical (unpaired) electrons. The van der Waals surface area contributed by atoms with Crippen LogP contribution in [0.4, 0.5) is 18.9 Å². The molecular formula is C15H21F3N2O3S. The Labute approximate surface area is 139 Å². The molecular weight excluding hydrogens is 345 g/mol. The van der Waals surface area contributed by atoms with E-state index in [0.717, 1.165) is 0 Å². The molecule has 0 aliphatic carbocycles. The Bertz CT molecular complexity index is 677. The minimum atomic E-state index is -3.45. The third kappa shape index (κ3) is 5.79. The van der Waals surface area contributed by atoms with Crippen LogP contribution in [0.2, 0.25) is 0 Å². The van der Waals surface area contributed by atoms with Gasteiger partial charge in [0.25, 0.3) is 0 Å². The molecule has 136 valence electrons. The molecule has 0 aliphatic heterocycles. The number of hydrogen-bond acceptors (Lipinski definition) is 3. The van der Waals surface area contributed by atoms with Crippen LogP contribution in [0, 0.1) is 17.5 Å². The van der Waals surface area contributed by atoms with Gasteiger partial charge in [-0.2, -0.15) is 0 Å². The zero-order valence-corrected chi connectivity index (χ0v) is 14.6. The fourth-order valence-corrected chi connectivity index (χ4v) is 2.54. The summed E-state index contributed by atoms with van der Waals surface area (Å²) in [7, 11) is -3.45. The van der Waals surface area contributed by atoms with Crippen molar-refractivity contribution in [3.8, 4) is 0 Å². The second kappa shape index (κ2) is 7.98. The van der Waals surface area contributed by atoms with Crippen LogP contribution in [0.15, 0.2) is 12.1 Å². The summed E-state index contributed by atoms with van der Waals surface area (Å²) in [4.78, 5) is 11.6. The predicted molar refractivity (Wildman–Crippen MR) is 85.5 cm³/mol. The van der Waals surface area contributed by atoms with Gasteiger partial charge in [-0.1, -0.05) is 0 Å². The lowest BCUT2D eigenvalue weighted by Crippen LogP contribution is -2.39. The van der Waals surface area contributed by atoms with Gasteiger partial charge in [-0.15, -0.1) is 0 Å². The van der Waals surface area contributed by atoms with Gasteiger partial charge in [0.05, 0.1) is 4.75 Å². The van der Waals surface area contributed by atoms with Crippen molar-refractivity contribution < 1.29 is 26.4 Å². The van der Waals surface area contributed by atoms with E-state index in [0.29, 0.717) is 25.0 Å². The Morgan fingerprint density at radius 3 is 2.12 bits per heavy atom. The molecule has 0 aliphatic rings. The van der Waals surface area contributed by atoms with Crippen LogP contribution in [0.1, 0.15) is 40.0 Å². The first-order chi connectivity index (χ1) is 10.9. The summed E-state index contributed by atoms with van der Waals surface area (Å²) in [6.45, 7) is 4.85. The Hall–Kier alpha value is -1.61. The largest absolute Gasteiger partial charge is 0.321 e. The van der Waals surface area contributed by atoms with Gasteiger partial charge in [0.2, 0.25) is 15.9 Å². The van der Waals surface area contributed by atoms with Crippen molar-refractivity contribution in [2.75, 3.05) is 11.9 Å². The van der Waals surface area contributed by atoms with E-state index in [-0.39, 0.29) is 13.0 Å². The first kappa shape index (κ1) is 20.4. The van der Waals surface area contributed by atoms with E-state index in [1.165, 1.54) is 0 Å². The lowest BCUT2D eigenvalue weighted by molar-refractivity contribution is -0.116. The smallest absolute Gasteiger partial charge is 0.224 e. The second-order valence-electron chi connectivity index (χ2n) is 6.26. The number of benzene rings is 1. The van der Waals surface area contributed by atoms with Crippen LogP contribution in [-0.2, 0) is 14.8 Å². The maximum absolute atomic E-state index is 13.4. The summed E-state index contributed by atoms with van der Waals surface area (Å²) in [5, 5.41) is 2.04. The van der Waals surface area contributed by atoms with Crippen LogP contribution in [0.25, 0.3) is 0 Å². The van der Waals surface area contributed by atoms with E-state index >= 15 is 0 Å². The van der Waals surface area contributed by atoms with E-state index < -0.39 is 43.8 Å². The SMILES string of the molecule is CC(C)(C)S(=O)(=O)NCCCCC(=O)Nc1c(F)cc(F)cc1F. The van der Waals surface area contributed by atoms with Crippen molar-refractivity contribution in [1.82, 2.24) is 4.72 Å². The Kier molecular flexibility index (Phi) is 6.79. The van der Waals surface area contributed by atoms with Crippen molar-refractivity contribution in [2.45, 2.75) is 44.8 Å². The number of unbranched alkanes of at least 4 members (excludes halogenated alkanes) is 1. The number of sulfonamides is 1. The van der Waals surface area contributed by atoms with E-state index in [2.05, 4.69) is 4.72 Å². The average molecular weight is 366 g/mol. The molecule has 1 rings (SSSR count). The quantitative estimate of drug-likeness (QED) is 0.729. The molecule has 0 atom stereocenters. The monoisotopic (exact) mass is 366 g/mol. The van der Waals surface area contributed by atoms with E-state index in [1.807, 2.05) is 5.32 Å². The lowest BCUT2D eigenvalue weighted by Gasteiger charge is -2.19. The molecule has 0 spiro atoms. The lowest BCUT2D eigenvalue weighted by atomic mass is 10.2. The van der Waals surface area contributed by atoms with Gasteiger partial charge in [0.1, 0.15) is 11.5 Å². The topological polar surface area (TPSA) is 75.3 Å². The molecule has 1 amide bonds. The zero-order chi connectivity index (χ0) is 18.5. The van der Waals surface area contributed by atoms with Gasteiger partial charge in [-0.25, -0.2) is 26.3 Å². The molecule has 5 nitrogen and oxygen atoms in total. The maximum atomic E-state index is 13.4. The Morgan fingerprint density at radius 2 is 1.62 bits per heavy atom. The first-order valence-electron chi connectivity index (χ1n) is 7.37. The fourth-order valence-electron chi connectivity index (χ4n) is 1.70. The normalized spacial score (nSPS) is 12.2. The Morgan fingerprint density at radius 1 is 1.08 bits per heavy atom. The number of anilines is 1. The van der Waals surface area contributed by atoms with Gasteiger partial charge in [0, 0.05) is 25.1 Å². The van der Waals surface area contributed by atoms with Gasteiger partial charge in [0.15, 0.2) is 11.6 Å². The number of carbonyl (C=O) groups excluding carboxylic acids is 1. The van der Waals surface area contributed by atoms with Gasteiger partial charge in [-0.05, 0) is 33.6 Å². The third-order valence-corrected chi connectivity index (χ3v) is 5.40. The first-order valence-corrected chi connectivity index (χ1v) is 8.86. The highest BCUT2D eigenvalue weighted by Gasteiger charge is 2.28. The van der Waals surface area contributed by atoms with E-state index in [1.54, 1.807) is 20.8 Å². The van der Waals surface area contributed by atoms with E-state index in [4.69, 9.17) is 0 Å². The molecule has 9 heteroatoms. The molecule has 0 saturated heterocycles. The summed E-state index contributed by atoms with van der Waals surface area (Å²) >= 11 is 0. The van der Waals surface area contributed by atoms with Crippen LogP contribution in [0.3, 0.4) is 0 Å². The van der Waals surface area contributed by atoms with Crippen LogP contribution >= 0.6 is 0 Å². The van der Waals surface area contributed by atoms with E-state index in [9.17, 15) is 26.4 Å². The summed E-state index contributed by atoms with van der Waals surface area (Å²) in [6.07, 6.45) is 0.660. The number of amides is 1. The Balaban J connectivity index is 2.41. The van der Waals surface area contributed by atoms with Crippen LogP contribution in [-0.4, -0.2) is 25.6 Å².